The first kappa shape index (κ1) is 17.5. The monoisotopic (exact) mass is 312 g/mol. The lowest BCUT2D eigenvalue weighted by atomic mass is 9.95. The van der Waals surface area contributed by atoms with Gasteiger partial charge in [0, 0.05) is 51.9 Å². The third-order valence-electron chi connectivity index (χ3n) is 4.78. The molecule has 3 heterocycles. The molecule has 2 bridgehead atoms. The van der Waals surface area contributed by atoms with Gasteiger partial charge in [0.1, 0.15) is 0 Å². The van der Waals surface area contributed by atoms with E-state index >= 15 is 0 Å². The lowest BCUT2D eigenvalue weighted by Crippen LogP contribution is -2.63. The highest BCUT2D eigenvalue weighted by molar-refractivity contribution is 5.73. The summed E-state index contributed by atoms with van der Waals surface area (Å²) in [6.45, 7) is 12.6. The fourth-order valence-electron chi connectivity index (χ4n) is 3.15. The number of carbonyl (C=O) groups excluding carboxylic acids is 1. The van der Waals surface area contributed by atoms with Crippen LogP contribution in [-0.4, -0.2) is 78.4 Å². The molecule has 0 saturated carbocycles. The second-order valence-corrected chi connectivity index (χ2v) is 7.48. The van der Waals surface area contributed by atoms with Crippen LogP contribution in [0.15, 0.2) is 0 Å². The van der Waals surface area contributed by atoms with E-state index < -0.39 is 5.60 Å². The van der Waals surface area contributed by atoms with Crippen molar-refractivity contribution in [3.63, 3.8) is 0 Å². The Morgan fingerprint density at radius 2 is 1.95 bits per heavy atom. The molecule has 2 unspecified atom stereocenters. The van der Waals surface area contributed by atoms with Crippen LogP contribution < -0.4 is 10.6 Å². The van der Waals surface area contributed by atoms with Gasteiger partial charge in [-0.3, -0.25) is 9.80 Å². The van der Waals surface area contributed by atoms with Crippen LogP contribution in [0.3, 0.4) is 0 Å². The average molecular weight is 312 g/mol. The number of nitrogens with one attached hydrogen (secondary N) is 2. The van der Waals surface area contributed by atoms with Gasteiger partial charge in [-0.2, -0.15) is 0 Å². The molecule has 0 aromatic heterocycles. The smallest absolute Gasteiger partial charge is 0.314 e. The van der Waals surface area contributed by atoms with Gasteiger partial charge in [-0.05, 0) is 25.7 Å². The number of amides is 2. The summed E-state index contributed by atoms with van der Waals surface area (Å²) in [7, 11) is 0. The van der Waals surface area contributed by atoms with Crippen LogP contribution in [0.4, 0.5) is 4.79 Å². The second kappa shape index (κ2) is 7.62. The summed E-state index contributed by atoms with van der Waals surface area (Å²) in [6, 6.07) is 0.247. The summed E-state index contributed by atoms with van der Waals surface area (Å²) in [5.74, 6) is 0.561. The highest BCUT2D eigenvalue weighted by atomic mass is 16.3. The van der Waals surface area contributed by atoms with Crippen molar-refractivity contribution in [1.82, 2.24) is 20.4 Å². The number of fused-ring (bicyclic) bond motifs is 3. The topological polar surface area (TPSA) is 67.8 Å². The minimum absolute atomic E-state index is 0.178. The fraction of sp³-hybridized carbons (Fsp3) is 0.938. The van der Waals surface area contributed by atoms with Crippen LogP contribution in [0.5, 0.6) is 0 Å². The van der Waals surface area contributed by atoms with E-state index in [1.165, 1.54) is 0 Å². The Hall–Kier alpha value is -0.850. The summed E-state index contributed by atoms with van der Waals surface area (Å²) in [6.07, 6.45) is 1.67. The predicted octanol–water partition coefficient (Wildman–Crippen LogP) is 0.473. The Labute approximate surface area is 134 Å². The Morgan fingerprint density at radius 3 is 2.50 bits per heavy atom. The Bertz CT molecular complexity index is 365. The van der Waals surface area contributed by atoms with Crippen molar-refractivity contribution in [2.45, 2.75) is 45.3 Å². The summed E-state index contributed by atoms with van der Waals surface area (Å²) in [5, 5.41) is 16.0. The molecule has 6 heteroatoms. The number of hydrogen-bond acceptors (Lipinski definition) is 4. The Morgan fingerprint density at radius 1 is 1.27 bits per heavy atom. The van der Waals surface area contributed by atoms with Crippen LogP contribution in [0.25, 0.3) is 0 Å². The quantitative estimate of drug-likeness (QED) is 0.639. The van der Waals surface area contributed by atoms with Crippen LogP contribution >= 0.6 is 0 Å². The molecule has 6 nitrogen and oxygen atoms in total. The van der Waals surface area contributed by atoms with E-state index in [0.29, 0.717) is 31.5 Å². The van der Waals surface area contributed by atoms with Gasteiger partial charge in [-0.15, -0.1) is 0 Å². The molecule has 2 atom stereocenters. The van der Waals surface area contributed by atoms with Crippen LogP contribution in [0, 0.1) is 5.92 Å². The average Bonchev–Trinajstić information content (AvgIpc) is 2.50. The SMILES string of the molecule is CC(C)CCC(C)(O)CNC(=O)NCC1CN2CCN1CC2. The normalized spacial score (nSPS) is 30.1. The van der Waals surface area contributed by atoms with Gasteiger partial charge in [0.2, 0.25) is 0 Å². The molecule has 0 aromatic carbocycles. The van der Waals surface area contributed by atoms with Gasteiger partial charge in [-0.25, -0.2) is 4.79 Å². The van der Waals surface area contributed by atoms with E-state index in [4.69, 9.17) is 0 Å². The minimum Gasteiger partial charge on any atom is -0.388 e. The summed E-state index contributed by atoms with van der Waals surface area (Å²) in [4.78, 5) is 16.8. The molecule has 2 amide bonds. The molecular weight excluding hydrogens is 280 g/mol. The molecule has 3 aliphatic rings. The highest BCUT2D eigenvalue weighted by Gasteiger charge is 2.31. The summed E-state index contributed by atoms with van der Waals surface area (Å²) in [5.41, 5.74) is -0.833. The molecule has 0 radical (unpaired) electrons. The van der Waals surface area contributed by atoms with Gasteiger partial charge in [0.05, 0.1) is 5.60 Å². The molecule has 3 rings (SSSR count). The van der Waals surface area contributed by atoms with E-state index in [2.05, 4.69) is 34.3 Å². The fourth-order valence-corrected chi connectivity index (χ4v) is 3.15. The van der Waals surface area contributed by atoms with Crippen molar-refractivity contribution >= 4 is 6.03 Å². The maximum atomic E-state index is 11.9. The zero-order valence-electron chi connectivity index (χ0n) is 14.3. The first-order valence-electron chi connectivity index (χ1n) is 8.56. The largest absolute Gasteiger partial charge is 0.388 e. The van der Waals surface area contributed by atoms with E-state index in [1.807, 2.05) is 0 Å². The number of urea groups is 1. The van der Waals surface area contributed by atoms with Gasteiger partial charge < -0.3 is 15.7 Å². The predicted molar refractivity (Wildman–Crippen MR) is 87.9 cm³/mol. The van der Waals surface area contributed by atoms with Crippen LogP contribution in [0.1, 0.15) is 33.6 Å². The van der Waals surface area contributed by atoms with Crippen molar-refractivity contribution in [3.05, 3.63) is 0 Å². The first-order chi connectivity index (χ1) is 10.4. The number of rotatable bonds is 7. The molecule has 0 spiro atoms. The molecular formula is C16H32N4O2. The number of nitrogens with zero attached hydrogens (tertiary/aromatic N) is 2. The van der Waals surface area contributed by atoms with Crippen LogP contribution in [0.2, 0.25) is 0 Å². The first-order valence-corrected chi connectivity index (χ1v) is 8.56. The number of hydrogen-bond donors (Lipinski definition) is 3. The van der Waals surface area contributed by atoms with E-state index in [0.717, 1.165) is 39.1 Å². The molecule has 0 aromatic rings. The summed E-state index contributed by atoms with van der Waals surface area (Å²) < 4.78 is 0. The van der Waals surface area contributed by atoms with E-state index in [1.54, 1.807) is 6.92 Å². The lowest BCUT2D eigenvalue weighted by molar-refractivity contribution is 0.0145. The lowest BCUT2D eigenvalue weighted by Gasteiger charge is -2.47. The van der Waals surface area contributed by atoms with Gasteiger partial charge in [-0.1, -0.05) is 13.8 Å². The molecule has 0 aliphatic carbocycles. The zero-order chi connectivity index (χ0) is 16.2. The van der Waals surface area contributed by atoms with Gasteiger partial charge in [0.15, 0.2) is 0 Å². The van der Waals surface area contributed by atoms with Crippen LogP contribution in [-0.2, 0) is 0 Å². The number of carbonyl (C=O) groups is 1. The number of piperazine rings is 3. The van der Waals surface area contributed by atoms with Gasteiger partial charge in [0.25, 0.3) is 0 Å². The zero-order valence-corrected chi connectivity index (χ0v) is 14.3. The van der Waals surface area contributed by atoms with Crippen molar-refractivity contribution in [1.29, 1.82) is 0 Å². The third kappa shape index (κ3) is 5.41. The van der Waals surface area contributed by atoms with Crippen molar-refractivity contribution in [3.8, 4) is 0 Å². The minimum atomic E-state index is -0.833. The van der Waals surface area contributed by atoms with Crippen molar-refractivity contribution in [2.75, 3.05) is 45.8 Å². The molecule has 3 saturated heterocycles. The summed E-state index contributed by atoms with van der Waals surface area (Å²) >= 11 is 0. The Balaban J connectivity index is 1.63. The van der Waals surface area contributed by atoms with Crippen molar-refractivity contribution in [2.24, 2.45) is 5.92 Å². The molecule has 3 fully saturated rings. The molecule has 3 aliphatic heterocycles. The number of aliphatic hydroxyl groups is 1. The van der Waals surface area contributed by atoms with Gasteiger partial charge >= 0.3 is 6.03 Å². The Kier molecular flexibility index (Phi) is 6.06. The third-order valence-corrected chi connectivity index (χ3v) is 4.78. The molecule has 3 N–H and O–H groups in total. The van der Waals surface area contributed by atoms with E-state index in [-0.39, 0.29) is 6.03 Å². The molecule has 22 heavy (non-hydrogen) atoms. The maximum absolute atomic E-state index is 11.9. The van der Waals surface area contributed by atoms with E-state index in [9.17, 15) is 9.90 Å². The maximum Gasteiger partial charge on any atom is 0.314 e. The van der Waals surface area contributed by atoms with Crippen molar-refractivity contribution < 1.29 is 9.90 Å². The standard InChI is InChI=1S/C16H32N4O2/c1-13(2)4-5-16(3,22)12-18-15(21)17-10-14-11-19-6-8-20(14)9-7-19/h13-14,22H,4-12H2,1-3H3,(H2,17,18,21). The highest BCUT2D eigenvalue weighted by Crippen LogP contribution is 2.16. The second-order valence-electron chi connectivity index (χ2n) is 7.48. The molecule has 128 valence electrons.